The highest BCUT2D eigenvalue weighted by Crippen LogP contribution is 2.38. The van der Waals surface area contributed by atoms with Gasteiger partial charge < -0.3 is 18.9 Å². The SMILES string of the molecule is COc1cc2c(cc1OC)C(C)N(C(=O)c1ccno1)CC2. The Hall–Kier alpha value is -2.50. The Labute approximate surface area is 128 Å². The van der Waals surface area contributed by atoms with Crippen LogP contribution in [0.25, 0.3) is 0 Å². The molecule has 0 saturated carbocycles. The van der Waals surface area contributed by atoms with Crippen LogP contribution in [0.15, 0.2) is 28.9 Å². The van der Waals surface area contributed by atoms with Gasteiger partial charge in [-0.05, 0) is 36.6 Å². The van der Waals surface area contributed by atoms with Crippen LogP contribution < -0.4 is 9.47 Å². The first-order valence-corrected chi connectivity index (χ1v) is 7.12. The fourth-order valence-corrected chi connectivity index (χ4v) is 2.89. The van der Waals surface area contributed by atoms with Crippen molar-refractivity contribution in [2.75, 3.05) is 20.8 Å². The van der Waals surface area contributed by atoms with Crippen LogP contribution in [0.5, 0.6) is 11.5 Å². The summed E-state index contributed by atoms with van der Waals surface area (Å²) in [5, 5.41) is 3.60. The first-order valence-electron chi connectivity index (χ1n) is 7.12. The molecule has 6 heteroatoms. The molecular formula is C16H18N2O4. The van der Waals surface area contributed by atoms with Crippen molar-refractivity contribution >= 4 is 5.91 Å². The number of methoxy groups -OCH3 is 2. The molecule has 1 atom stereocenters. The van der Waals surface area contributed by atoms with Gasteiger partial charge in [-0.1, -0.05) is 5.16 Å². The maximum absolute atomic E-state index is 12.5. The van der Waals surface area contributed by atoms with Crippen molar-refractivity contribution in [1.29, 1.82) is 0 Å². The number of carbonyl (C=O) groups excluding carboxylic acids is 1. The number of rotatable bonds is 3. The van der Waals surface area contributed by atoms with Crippen LogP contribution in [-0.2, 0) is 6.42 Å². The van der Waals surface area contributed by atoms with Crippen molar-refractivity contribution < 1.29 is 18.8 Å². The summed E-state index contributed by atoms with van der Waals surface area (Å²) >= 11 is 0. The molecule has 0 saturated heterocycles. The third-order valence-electron chi connectivity index (χ3n) is 4.09. The number of hydrogen-bond donors (Lipinski definition) is 0. The molecule has 6 nitrogen and oxygen atoms in total. The van der Waals surface area contributed by atoms with E-state index in [0.29, 0.717) is 18.0 Å². The minimum atomic E-state index is -0.148. The first kappa shape index (κ1) is 14.4. The highest BCUT2D eigenvalue weighted by Gasteiger charge is 2.31. The minimum absolute atomic E-state index is 0.0684. The minimum Gasteiger partial charge on any atom is -0.493 e. The molecule has 1 aliphatic rings. The van der Waals surface area contributed by atoms with Gasteiger partial charge in [0.15, 0.2) is 11.5 Å². The molecule has 1 amide bonds. The van der Waals surface area contributed by atoms with Crippen LogP contribution in [0.3, 0.4) is 0 Å². The molecular weight excluding hydrogens is 284 g/mol. The van der Waals surface area contributed by atoms with E-state index in [0.717, 1.165) is 12.0 Å². The normalized spacial score (nSPS) is 17.0. The summed E-state index contributed by atoms with van der Waals surface area (Å²) in [4.78, 5) is 14.3. The molecule has 1 aromatic carbocycles. The quantitative estimate of drug-likeness (QED) is 0.871. The van der Waals surface area contributed by atoms with E-state index in [4.69, 9.17) is 14.0 Å². The Bertz CT molecular complexity index is 682. The predicted octanol–water partition coefficient (Wildman–Crippen LogP) is 2.45. The zero-order valence-corrected chi connectivity index (χ0v) is 12.8. The van der Waals surface area contributed by atoms with Gasteiger partial charge in [-0.2, -0.15) is 0 Å². The number of nitrogens with zero attached hydrogens (tertiary/aromatic N) is 2. The summed E-state index contributed by atoms with van der Waals surface area (Å²) in [5.74, 6) is 1.49. The summed E-state index contributed by atoms with van der Waals surface area (Å²) in [6, 6.07) is 5.44. The maximum atomic E-state index is 12.5. The third-order valence-corrected chi connectivity index (χ3v) is 4.09. The molecule has 0 spiro atoms. The zero-order chi connectivity index (χ0) is 15.7. The molecule has 0 fully saturated rings. The van der Waals surface area contributed by atoms with Crippen LogP contribution in [0.4, 0.5) is 0 Å². The predicted molar refractivity (Wildman–Crippen MR) is 79.2 cm³/mol. The monoisotopic (exact) mass is 302 g/mol. The van der Waals surface area contributed by atoms with Crippen molar-refractivity contribution in [1.82, 2.24) is 10.1 Å². The summed E-state index contributed by atoms with van der Waals surface area (Å²) in [6.07, 6.45) is 2.24. The highest BCUT2D eigenvalue weighted by atomic mass is 16.5. The van der Waals surface area contributed by atoms with Gasteiger partial charge in [-0.15, -0.1) is 0 Å². The molecule has 0 aliphatic carbocycles. The first-order chi connectivity index (χ1) is 10.7. The average Bonchev–Trinajstić information content (AvgIpc) is 3.08. The number of benzene rings is 1. The third kappa shape index (κ3) is 2.30. The van der Waals surface area contributed by atoms with Crippen LogP contribution >= 0.6 is 0 Å². The Morgan fingerprint density at radius 3 is 2.68 bits per heavy atom. The molecule has 1 aromatic heterocycles. The van der Waals surface area contributed by atoms with E-state index in [9.17, 15) is 4.79 Å². The van der Waals surface area contributed by atoms with Gasteiger partial charge in [0.05, 0.1) is 26.5 Å². The van der Waals surface area contributed by atoms with E-state index in [1.807, 2.05) is 19.1 Å². The van der Waals surface area contributed by atoms with Crippen LogP contribution in [0, 0.1) is 0 Å². The van der Waals surface area contributed by atoms with Gasteiger partial charge in [-0.25, -0.2) is 0 Å². The van der Waals surface area contributed by atoms with Crippen LogP contribution in [-0.4, -0.2) is 36.7 Å². The largest absolute Gasteiger partial charge is 0.493 e. The lowest BCUT2D eigenvalue weighted by Crippen LogP contribution is -2.38. The standard InChI is InChI=1S/C16H18N2O4/c1-10-12-9-15(21-3)14(20-2)8-11(12)5-7-18(10)16(19)13-4-6-17-22-13/h4,6,8-10H,5,7H2,1-3H3. The topological polar surface area (TPSA) is 64.8 Å². The highest BCUT2D eigenvalue weighted by molar-refractivity contribution is 5.91. The van der Waals surface area contributed by atoms with E-state index < -0.39 is 0 Å². The second-order valence-electron chi connectivity index (χ2n) is 5.21. The molecule has 0 radical (unpaired) electrons. The second kappa shape index (κ2) is 5.71. The van der Waals surface area contributed by atoms with Gasteiger partial charge in [0.1, 0.15) is 0 Å². The van der Waals surface area contributed by atoms with Gasteiger partial charge in [0, 0.05) is 12.6 Å². The van der Waals surface area contributed by atoms with E-state index in [1.165, 1.54) is 11.8 Å². The fourth-order valence-electron chi connectivity index (χ4n) is 2.89. The number of carbonyl (C=O) groups is 1. The zero-order valence-electron chi connectivity index (χ0n) is 12.8. The molecule has 0 N–H and O–H groups in total. The van der Waals surface area contributed by atoms with Gasteiger partial charge >= 0.3 is 0 Å². The Morgan fingerprint density at radius 1 is 1.32 bits per heavy atom. The van der Waals surface area contributed by atoms with Crippen molar-refractivity contribution in [2.24, 2.45) is 0 Å². The number of hydrogen-bond acceptors (Lipinski definition) is 5. The lowest BCUT2D eigenvalue weighted by atomic mass is 9.92. The molecule has 22 heavy (non-hydrogen) atoms. The Kier molecular flexibility index (Phi) is 3.75. The van der Waals surface area contributed by atoms with E-state index in [1.54, 1.807) is 25.2 Å². The van der Waals surface area contributed by atoms with Gasteiger partial charge in [0.2, 0.25) is 5.76 Å². The second-order valence-corrected chi connectivity index (χ2v) is 5.21. The fraction of sp³-hybridized carbons (Fsp3) is 0.375. The van der Waals surface area contributed by atoms with E-state index >= 15 is 0 Å². The smallest absolute Gasteiger partial charge is 0.292 e. The van der Waals surface area contributed by atoms with Crippen molar-refractivity contribution in [2.45, 2.75) is 19.4 Å². The van der Waals surface area contributed by atoms with Gasteiger partial charge in [0.25, 0.3) is 5.91 Å². The molecule has 1 aliphatic heterocycles. The Balaban J connectivity index is 1.95. The van der Waals surface area contributed by atoms with Crippen molar-refractivity contribution in [3.05, 3.63) is 41.3 Å². The number of fused-ring (bicyclic) bond motifs is 1. The summed E-state index contributed by atoms with van der Waals surface area (Å²) in [6.45, 7) is 2.63. The molecule has 2 aromatic rings. The van der Waals surface area contributed by atoms with Crippen LogP contribution in [0.2, 0.25) is 0 Å². The van der Waals surface area contributed by atoms with E-state index in [-0.39, 0.29) is 17.7 Å². The van der Waals surface area contributed by atoms with Gasteiger partial charge in [-0.3, -0.25) is 4.79 Å². The Morgan fingerprint density at radius 2 is 2.05 bits per heavy atom. The molecule has 2 heterocycles. The van der Waals surface area contributed by atoms with Crippen molar-refractivity contribution in [3.8, 4) is 11.5 Å². The lowest BCUT2D eigenvalue weighted by Gasteiger charge is -2.35. The maximum Gasteiger partial charge on any atom is 0.292 e. The van der Waals surface area contributed by atoms with Crippen LogP contribution in [0.1, 0.15) is 34.6 Å². The van der Waals surface area contributed by atoms with Crippen molar-refractivity contribution in [3.63, 3.8) is 0 Å². The molecule has 0 bridgehead atoms. The molecule has 3 rings (SSSR count). The average molecular weight is 302 g/mol. The lowest BCUT2D eigenvalue weighted by molar-refractivity contribution is 0.0634. The summed E-state index contributed by atoms with van der Waals surface area (Å²) in [5.41, 5.74) is 2.24. The molecule has 1 unspecified atom stereocenters. The summed E-state index contributed by atoms with van der Waals surface area (Å²) < 4.78 is 15.7. The number of aromatic nitrogens is 1. The summed E-state index contributed by atoms with van der Waals surface area (Å²) in [7, 11) is 3.23. The number of ether oxygens (including phenoxy) is 2. The van der Waals surface area contributed by atoms with E-state index in [2.05, 4.69) is 5.16 Å². The molecule has 116 valence electrons. The number of amides is 1.